The van der Waals surface area contributed by atoms with E-state index in [9.17, 15) is 4.79 Å². The van der Waals surface area contributed by atoms with Crippen molar-refractivity contribution in [3.63, 3.8) is 0 Å². The second-order valence-corrected chi connectivity index (χ2v) is 9.17. The van der Waals surface area contributed by atoms with E-state index in [1.54, 1.807) is 10.6 Å². The quantitative estimate of drug-likeness (QED) is 0.356. The van der Waals surface area contributed by atoms with Crippen LogP contribution in [-0.4, -0.2) is 27.3 Å². The van der Waals surface area contributed by atoms with Gasteiger partial charge in [0.1, 0.15) is 5.82 Å². The summed E-state index contributed by atoms with van der Waals surface area (Å²) in [4.78, 5) is 16.7. The minimum absolute atomic E-state index is 0.136. The van der Waals surface area contributed by atoms with E-state index in [2.05, 4.69) is 22.9 Å². The van der Waals surface area contributed by atoms with Crippen molar-refractivity contribution < 1.29 is 13.9 Å². The van der Waals surface area contributed by atoms with Gasteiger partial charge in [-0.1, -0.05) is 67.9 Å². The molecule has 176 valence electrons. The molecule has 8 heteroatoms. The van der Waals surface area contributed by atoms with Gasteiger partial charge >= 0.3 is 0 Å². The fourth-order valence-corrected chi connectivity index (χ4v) is 4.26. The summed E-state index contributed by atoms with van der Waals surface area (Å²) < 4.78 is 22.4. The largest absolute Gasteiger partial charge is 0.465 e. The van der Waals surface area contributed by atoms with Gasteiger partial charge in [0.25, 0.3) is 6.01 Å². The highest BCUT2D eigenvalue weighted by Gasteiger charge is 2.21. The molecule has 0 saturated heterocycles. The first-order valence-electron chi connectivity index (χ1n) is 11.0. The molecule has 0 radical (unpaired) electrons. The van der Waals surface area contributed by atoms with Crippen LogP contribution in [0.3, 0.4) is 0 Å². The summed E-state index contributed by atoms with van der Waals surface area (Å²) in [6.07, 6.45) is 0.658. The van der Waals surface area contributed by atoms with Crippen LogP contribution in [0.4, 0.5) is 4.39 Å². The summed E-state index contributed by atoms with van der Waals surface area (Å²) >= 11 is 10.8. The Balaban J connectivity index is 1.84. The average Bonchev–Trinajstić information content (AvgIpc) is 3.07. The highest BCUT2D eigenvalue weighted by Crippen LogP contribution is 2.27. The van der Waals surface area contributed by atoms with Gasteiger partial charge in [-0.3, -0.25) is 9.36 Å². The molecule has 2 aromatic carbocycles. The van der Waals surface area contributed by atoms with E-state index in [1.165, 1.54) is 6.07 Å². The number of carbonyl (C=O) groups is 1. The summed E-state index contributed by atoms with van der Waals surface area (Å²) in [7, 11) is 0. The molecule has 1 aromatic heterocycles. The van der Waals surface area contributed by atoms with Crippen LogP contribution in [0.1, 0.15) is 38.4 Å². The van der Waals surface area contributed by atoms with Crippen LogP contribution in [0.5, 0.6) is 6.01 Å². The van der Waals surface area contributed by atoms with Crippen molar-refractivity contribution in [2.75, 3.05) is 6.61 Å². The third kappa shape index (κ3) is 6.51. The van der Waals surface area contributed by atoms with E-state index in [4.69, 9.17) is 16.3 Å². The molecular formula is C25H29ClFN3O2S. The average molecular weight is 490 g/mol. The number of imidazole rings is 1. The number of amides is 1. The minimum Gasteiger partial charge on any atom is -0.465 e. The lowest BCUT2D eigenvalue weighted by atomic mass is 10.0. The first-order chi connectivity index (χ1) is 15.8. The van der Waals surface area contributed by atoms with E-state index in [1.807, 2.05) is 57.2 Å². The Morgan fingerprint density at radius 2 is 1.94 bits per heavy atom. The van der Waals surface area contributed by atoms with Gasteiger partial charge in [-0.25, -0.2) is 4.39 Å². The third-order valence-corrected chi connectivity index (χ3v) is 5.93. The highest BCUT2D eigenvalue weighted by atomic mass is 35.5. The predicted octanol–water partition coefficient (Wildman–Crippen LogP) is 5.75. The Bertz CT molecular complexity index is 1090. The molecule has 0 saturated carbocycles. The van der Waals surface area contributed by atoms with Crippen LogP contribution in [0.25, 0.3) is 11.1 Å². The highest BCUT2D eigenvalue weighted by molar-refractivity contribution is 7.81. The number of halogens is 2. The number of benzene rings is 2. The maximum Gasteiger partial charge on any atom is 0.298 e. The van der Waals surface area contributed by atoms with E-state index < -0.39 is 5.25 Å². The Hall–Kier alpha value is -2.51. The van der Waals surface area contributed by atoms with Gasteiger partial charge in [0.2, 0.25) is 5.91 Å². The summed E-state index contributed by atoms with van der Waals surface area (Å²) in [6, 6.07) is 15.1. The lowest BCUT2D eigenvalue weighted by molar-refractivity contribution is -0.121. The van der Waals surface area contributed by atoms with Crippen molar-refractivity contribution in [1.29, 1.82) is 0 Å². The first-order valence-corrected chi connectivity index (χ1v) is 11.9. The second-order valence-electron chi connectivity index (χ2n) is 8.19. The van der Waals surface area contributed by atoms with Crippen LogP contribution in [0, 0.1) is 11.7 Å². The zero-order valence-corrected chi connectivity index (χ0v) is 20.7. The molecule has 1 unspecified atom stereocenters. The Morgan fingerprint density at radius 3 is 2.58 bits per heavy atom. The van der Waals surface area contributed by atoms with Gasteiger partial charge in [0, 0.05) is 5.56 Å². The molecule has 0 aliphatic carbocycles. The lowest BCUT2D eigenvalue weighted by Crippen LogP contribution is -2.32. The number of aromatic nitrogens is 2. The number of nitrogens with zero attached hydrogens (tertiary/aromatic N) is 2. The fraction of sp³-hybridized carbons (Fsp3) is 0.360. The van der Waals surface area contributed by atoms with Crippen molar-refractivity contribution in [3.05, 3.63) is 70.8 Å². The molecule has 1 heterocycles. The van der Waals surface area contributed by atoms with E-state index in [0.29, 0.717) is 30.2 Å². The number of carbonyl (C=O) groups excluding carboxylic acids is 1. The van der Waals surface area contributed by atoms with Crippen LogP contribution < -0.4 is 10.1 Å². The standard InChI is InChI=1S/C25H29ClFN3O2S/c1-4-32-25-29-23(26)21(14-28-24(31)22(33)12-16(2)3)30(25)15-19-11-10-18(13-20(19)27)17-8-6-5-7-9-17/h5-11,13,16,22,33H,4,12,14-15H2,1-3H3,(H,28,31). The monoisotopic (exact) mass is 489 g/mol. The molecule has 0 bridgehead atoms. The number of ether oxygens (including phenoxy) is 1. The van der Waals surface area contributed by atoms with E-state index in [0.717, 1.165) is 11.1 Å². The smallest absolute Gasteiger partial charge is 0.298 e. The van der Waals surface area contributed by atoms with Crippen LogP contribution in [0.15, 0.2) is 48.5 Å². The Morgan fingerprint density at radius 1 is 1.21 bits per heavy atom. The van der Waals surface area contributed by atoms with E-state index in [-0.39, 0.29) is 36.0 Å². The number of rotatable bonds is 10. The predicted molar refractivity (Wildman–Crippen MR) is 133 cm³/mol. The van der Waals surface area contributed by atoms with Gasteiger partial charge < -0.3 is 10.1 Å². The summed E-state index contributed by atoms with van der Waals surface area (Å²) in [5, 5.41) is 2.65. The minimum atomic E-state index is -0.422. The molecule has 5 nitrogen and oxygen atoms in total. The summed E-state index contributed by atoms with van der Waals surface area (Å²) in [5.74, 6) is -0.183. The zero-order chi connectivity index (χ0) is 24.0. The van der Waals surface area contributed by atoms with Crippen molar-refractivity contribution in [2.24, 2.45) is 5.92 Å². The SMILES string of the molecule is CCOc1nc(Cl)c(CNC(=O)C(S)CC(C)C)n1Cc1ccc(-c2ccccc2)cc1F. The van der Waals surface area contributed by atoms with Crippen molar-refractivity contribution in [1.82, 2.24) is 14.9 Å². The van der Waals surface area contributed by atoms with Gasteiger partial charge in [-0.05, 0) is 36.5 Å². The molecule has 1 N–H and O–H groups in total. The topological polar surface area (TPSA) is 56.1 Å². The van der Waals surface area contributed by atoms with Crippen LogP contribution >= 0.6 is 24.2 Å². The first kappa shape index (κ1) is 25.1. The molecule has 33 heavy (non-hydrogen) atoms. The van der Waals surface area contributed by atoms with Crippen molar-refractivity contribution >= 4 is 30.1 Å². The summed E-state index contributed by atoms with van der Waals surface area (Å²) in [5.41, 5.74) is 2.74. The molecule has 3 aromatic rings. The normalized spacial score (nSPS) is 12.1. The van der Waals surface area contributed by atoms with Crippen LogP contribution in [-0.2, 0) is 17.9 Å². The van der Waals surface area contributed by atoms with Gasteiger partial charge in [-0.2, -0.15) is 17.6 Å². The second kappa shape index (κ2) is 11.6. The molecule has 0 fully saturated rings. The maximum atomic E-state index is 15.0. The molecular weight excluding hydrogens is 461 g/mol. The van der Waals surface area contributed by atoms with Gasteiger partial charge in [0.05, 0.1) is 30.6 Å². The van der Waals surface area contributed by atoms with Gasteiger partial charge in [0.15, 0.2) is 5.15 Å². The molecule has 1 atom stereocenters. The Kier molecular flexibility index (Phi) is 8.80. The van der Waals surface area contributed by atoms with E-state index >= 15 is 4.39 Å². The van der Waals surface area contributed by atoms with Crippen molar-refractivity contribution in [2.45, 2.75) is 45.5 Å². The summed E-state index contributed by atoms with van der Waals surface area (Å²) in [6.45, 7) is 6.58. The number of hydrogen-bond donors (Lipinski definition) is 2. The van der Waals surface area contributed by atoms with Crippen molar-refractivity contribution in [3.8, 4) is 17.1 Å². The zero-order valence-electron chi connectivity index (χ0n) is 19.0. The Labute approximate surface area is 204 Å². The maximum absolute atomic E-state index is 15.0. The molecule has 1 amide bonds. The molecule has 0 spiro atoms. The number of thiol groups is 1. The third-order valence-electron chi connectivity index (χ3n) is 5.18. The molecule has 0 aliphatic heterocycles. The molecule has 0 aliphatic rings. The fourth-order valence-electron chi connectivity index (χ4n) is 3.50. The lowest BCUT2D eigenvalue weighted by Gasteiger charge is -2.16. The van der Waals surface area contributed by atoms with Crippen LogP contribution in [0.2, 0.25) is 5.15 Å². The molecule has 3 rings (SSSR count). The van der Waals surface area contributed by atoms with Gasteiger partial charge in [-0.15, -0.1) is 0 Å². The number of nitrogens with one attached hydrogen (secondary N) is 1. The number of hydrogen-bond acceptors (Lipinski definition) is 4.